The van der Waals surface area contributed by atoms with Crippen LogP contribution in [0.2, 0.25) is 0 Å². The molecule has 0 atom stereocenters. The molecule has 0 fully saturated rings. The molecule has 0 aromatic heterocycles. The fraction of sp³-hybridized carbons (Fsp3) is 0.333. The summed E-state index contributed by atoms with van der Waals surface area (Å²) in [5, 5.41) is 0.364. The van der Waals surface area contributed by atoms with Gasteiger partial charge < -0.3 is 4.74 Å². The standard InChI is InChI=1S/C12H14O2S/c1-3-14-12(15)8-11(13)10-6-4-9(2)5-7-10/h4-7H,3,8H2,1-2H3. The predicted molar refractivity (Wildman–Crippen MR) is 64.4 cm³/mol. The minimum absolute atomic E-state index is 0.00782. The second-order valence-corrected chi connectivity index (χ2v) is 3.73. The molecule has 0 saturated carbocycles. The van der Waals surface area contributed by atoms with Crippen molar-refractivity contribution in [3.05, 3.63) is 35.4 Å². The van der Waals surface area contributed by atoms with Gasteiger partial charge in [-0.3, -0.25) is 4.79 Å². The topological polar surface area (TPSA) is 26.3 Å². The SMILES string of the molecule is CCOC(=S)CC(=O)c1ccc(C)cc1. The van der Waals surface area contributed by atoms with Crippen molar-refractivity contribution in [2.45, 2.75) is 20.3 Å². The van der Waals surface area contributed by atoms with Crippen LogP contribution in [0.25, 0.3) is 0 Å². The van der Waals surface area contributed by atoms with Gasteiger partial charge in [0.25, 0.3) is 0 Å². The molecule has 15 heavy (non-hydrogen) atoms. The van der Waals surface area contributed by atoms with E-state index in [1.165, 1.54) is 0 Å². The Hall–Kier alpha value is -1.22. The summed E-state index contributed by atoms with van der Waals surface area (Å²) in [6.07, 6.45) is 0.187. The Labute approximate surface area is 95.3 Å². The number of thiocarbonyl (C=S) groups is 1. The summed E-state index contributed by atoms with van der Waals surface area (Å²) in [6.45, 7) is 4.35. The molecule has 2 nitrogen and oxygen atoms in total. The maximum atomic E-state index is 11.7. The number of Topliss-reactive ketones (excluding diaryl/α,β-unsaturated/α-hetero) is 1. The Kier molecular flexibility index (Phi) is 4.43. The Balaban J connectivity index is 2.61. The van der Waals surface area contributed by atoms with E-state index in [1.807, 2.05) is 38.1 Å². The molecule has 0 heterocycles. The molecule has 1 rings (SSSR count). The lowest BCUT2D eigenvalue weighted by Gasteiger charge is -2.04. The molecule has 0 spiro atoms. The number of carbonyl (C=O) groups excluding carboxylic acids is 1. The van der Waals surface area contributed by atoms with Gasteiger partial charge in [-0.2, -0.15) is 0 Å². The third kappa shape index (κ3) is 3.80. The molecule has 0 aliphatic heterocycles. The van der Waals surface area contributed by atoms with Crippen LogP contribution >= 0.6 is 12.2 Å². The van der Waals surface area contributed by atoms with E-state index in [9.17, 15) is 4.79 Å². The van der Waals surface area contributed by atoms with Crippen LogP contribution in [0, 0.1) is 6.92 Å². The summed E-state index contributed by atoms with van der Waals surface area (Å²) >= 11 is 4.91. The molecule has 0 saturated heterocycles. The van der Waals surface area contributed by atoms with Crippen molar-refractivity contribution in [2.75, 3.05) is 6.61 Å². The van der Waals surface area contributed by atoms with Crippen molar-refractivity contribution in [3.63, 3.8) is 0 Å². The van der Waals surface area contributed by atoms with Gasteiger partial charge >= 0.3 is 0 Å². The first-order chi connectivity index (χ1) is 7.13. The van der Waals surface area contributed by atoms with Crippen LogP contribution in [-0.2, 0) is 4.74 Å². The fourth-order valence-electron chi connectivity index (χ4n) is 1.18. The van der Waals surface area contributed by atoms with Crippen molar-refractivity contribution in [2.24, 2.45) is 0 Å². The number of rotatable bonds is 4. The van der Waals surface area contributed by atoms with Gasteiger partial charge in [0.2, 0.25) is 0 Å². The van der Waals surface area contributed by atoms with Gasteiger partial charge in [-0.15, -0.1) is 0 Å². The van der Waals surface area contributed by atoms with Crippen LogP contribution in [0.5, 0.6) is 0 Å². The first-order valence-electron chi connectivity index (χ1n) is 4.89. The highest BCUT2D eigenvalue weighted by Crippen LogP contribution is 2.07. The molecule has 80 valence electrons. The normalized spacial score (nSPS) is 9.73. The third-order valence-corrected chi connectivity index (χ3v) is 2.25. The van der Waals surface area contributed by atoms with E-state index in [0.29, 0.717) is 17.2 Å². The number of hydrogen-bond donors (Lipinski definition) is 0. The van der Waals surface area contributed by atoms with E-state index in [0.717, 1.165) is 5.56 Å². The third-order valence-electron chi connectivity index (χ3n) is 1.98. The predicted octanol–water partition coefficient (Wildman–Crippen LogP) is 2.93. The monoisotopic (exact) mass is 222 g/mol. The van der Waals surface area contributed by atoms with E-state index in [1.54, 1.807) is 0 Å². The van der Waals surface area contributed by atoms with Crippen LogP contribution in [0.3, 0.4) is 0 Å². The molecule has 0 aliphatic carbocycles. The molecule has 0 N–H and O–H groups in total. The molecule has 0 amide bonds. The van der Waals surface area contributed by atoms with Gasteiger partial charge in [0.1, 0.15) is 0 Å². The smallest absolute Gasteiger partial charge is 0.171 e. The average molecular weight is 222 g/mol. The molecule has 3 heteroatoms. The molecule has 1 aromatic carbocycles. The second-order valence-electron chi connectivity index (χ2n) is 3.27. The minimum Gasteiger partial charge on any atom is -0.487 e. The zero-order valence-electron chi connectivity index (χ0n) is 8.95. The highest BCUT2D eigenvalue weighted by molar-refractivity contribution is 7.80. The molecule has 1 aromatic rings. The summed E-state index contributed by atoms with van der Waals surface area (Å²) in [4.78, 5) is 11.7. The van der Waals surface area contributed by atoms with E-state index < -0.39 is 0 Å². The largest absolute Gasteiger partial charge is 0.487 e. The number of benzene rings is 1. The zero-order chi connectivity index (χ0) is 11.3. The van der Waals surface area contributed by atoms with E-state index in [4.69, 9.17) is 17.0 Å². The maximum Gasteiger partial charge on any atom is 0.171 e. The summed E-state index contributed by atoms with van der Waals surface area (Å²) in [5.74, 6) is 0.00782. The van der Waals surface area contributed by atoms with Crippen molar-refractivity contribution in [1.29, 1.82) is 0 Å². The van der Waals surface area contributed by atoms with Crippen LogP contribution in [0.4, 0.5) is 0 Å². The van der Waals surface area contributed by atoms with Crippen LogP contribution in [0.1, 0.15) is 29.3 Å². The first-order valence-corrected chi connectivity index (χ1v) is 5.29. The van der Waals surface area contributed by atoms with Gasteiger partial charge in [0, 0.05) is 5.56 Å². The van der Waals surface area contributed by atoms with E-state index >= 15 is 0 Å². The number of carbonyl (C=O) groups is 1. The Bertz CT molecular complexity index is 354. The van der Waals surface area contributed by atoms with Gasteiger partial charge in [0.05, 0.1) is 13.0 Å². The number of ketones is 1. The minimum atomic E-state index is 0.00782. The van der Waals surface area contributed by atoms with Crippen molar-refractivity contribution in [1.82, 2.24) is 0 Å². The van der Waals surface area contributed by atoms with Crippen LogP contribution in [0.15, 0.2) is 24.3 Å². The molecule has 0 aliphatic rings. The summed E-state index contributed by atoms with van der Waals surface area (Å²) in [6, 6.07) is 7.45. The van der Waals surface area contributed by atoms with Gasteiger partial charge in [-0.1, -0.05) is 29.8 Å². The highest BCUT2D eigenvalue weighted by atomic mass is 32.1. The maximum absolute atomic E-state index is 11.7. The number of ether oxygens (including phenoxy) is 1. The molecular weight excluding hydrogens is 208 g/mol. The van der Waals surface area contributed by atoms with Crippen molar-refractivity contribution >= 4 is 23.1 Å². The fourth-order valence-corrected chi connectivity index (χ4v) is 1.43. The molecular formula is C12H14O2S. The first kappa shape index (κ1) is 11.9. The van der Waals surface area contributed by atoms with Crippen LogP contribution < -0.4 is 0 Å². The lowest BCUT2D eigenvalue weighted by Crippen LogP contribution is -2.09. The Morgan fingerprint density at radius 2 is 1.93 bits per heavy atom. The van der Waals surface area contributed by atoms with Crippen molar-refractivity contribution < 1.29 is 9.53 Å². The molecule has 0 bridgehead atoms. The Morgan fingerprint density at radius 1 is 1.33 bits per heavy atom. The number of aryl methyl sites for hydroxylation is 1. The molecule has 0 unspecified atom stereocenters. The van der Waals surface area contributed by atoms with E-state index in [-0.39, 0.29) is 12.2 Å². The lowest BCUT2D eigenvalue weighted by molar-refractivity contribution is 0.0994. The Morgan fingerprint density at radius 3 is 2.47 bits per heavy atom. The average Bonchev–Trinajstić information content (AvgIpc) is 2.18. The zero-order valence-corrected chi connectivity index (χ0v) is 9.76. The summed E-state index contributed by atoms with van der Waals surface area (Å²) in [5.41, 5.74) is 1.82. The van der Waals surface area contributed by atoms with E-state index in [2.05, 4.69) is 0 Å². The highest BCUT2D eigenvalue weighted by Gasteiger charge is 2.08. The van der Waals surface area contributed by atoms with Crippen LogP contribution in [-0.4, -0.2) is 17.4 Å². The lowest BCUT2D eigenvalue weighted by atomic mass is 10.1. The number of hydrogen-bond acceptors (Lipinski definition) is 3. The second kappa shape index (κ2) is 5.61. The summed E-state index contributed by atoms with van der Waals surface area (Å²) < 4.78 is 5.07. The summed E-state index contributed by atoms with van der Waals surface area (Å²) in [7, 11) is 0. The van der Waals surface area contributed by atoms with Gasteiger partial charge in [-0.05, 0) is 26.1 Å². The molecule has 0 radical (unpaired) electrons. The quantitative estimate of drug-likeness (QED) is 0.578. The van der Waals surface area contributed by atoms with Gasteiger partial charge in [0.15, 0.2) is 10.8 Å². The van der Waals surface area contributed by atoms with Crippen molar-refractivity contribution in [3.8, 4) is 0 Å². The van der Waals surface area contributed by atoms with Gasteiger partial charge in [-0.25, -0.2) is 0 Å².